The highest BCUT2D eigenvalue weighted by Crippen LogP contribution is 2.23. The molecule has 20 heavy (non-hydrogen) atoms. The molecule has 1 aromatic heterocycles. The van der Waals surface area contributed by atoms with E-state index in [0.717, 1.165) is 30.9 Å². The Morgan fingerprint density at radius 1 is 1.30 bits per heavy atom. The monoisotopic (exact) mass is 273 g/mol. The van der Waals surface area contributed by atoms with Crippen LogP contribution >= 0.6 is 0 Å². The zero-order chi connectivity index (χ0) is 14.4. The summed E-state index contributed by atoms with van der Waals surface area (Å²) in [6.07, 6.45) is 3.89. The average molecular weight is 273 g/mol. The van der Waals surface area contributed by atoms with Crippen molar-refractivity contribution in [3.63, 3.8) is 0 Å². The van der Waals surface area contributed by atoms with Crippen molar-refractivity contribution in [2.45, 2.75) is 32.7 Å². The van der Waals surface area contributed by atoms with Gasteiger partial charge in [-0.3, -0.25) is 0 Å². The molecule has 0 radical (unpaired) electrons. The molecule has 1 unspecified atom stereocenters. The van der Waals surface area contributed by atoms with Crippen LogP contribution in [0.3, 0.4) is 0 Å². The number of benzene rings is 1. The molecule has 1 N–H and O–H groups in total. The van der Waals surface area contributed by atoms with Crippen LogP contribution in [0.5, 0.6) is 5.75 Å². The molecule has 108 valence electrons. The molecule has 1 atom stereocenters. The molecule has 1 heterocycles. The normalized spacial score (nSPS) is 12.3. The predicted molar refractivity (Wildman–Crippen MR) is 81.2 cm³/mol. The lowest BCUT2D eigenvalue weighted by atomic mass is 10.0. The number of ether oxygens (including phenoxy) is 1. The molecule has 1 aromatic carbocycles. The van der Waals surface area contributed by atoms with Crippen molar-refractivity contribution in [1.82, 2.24) is 5.32 Å². The van der Waals surface area contributed by atoms with E-state index in [9.17, 15) is 0 Å². The lowest BCUT2D eigenvalue weighted by Gasteiger charge is -2.17. The van der Waals surface area contributed by atoms with Gasteiger partial charge in [0.05, 0.1) is 13.4 Å². The van der Waals surface area contributed by atoms with Gasteiger partial charge >= 0.3 is 0 Å². The van der Waals surface area contributed by atoms with E-state index in [-0.39, 0.29) is 6.04 Å². The van der Waals surface area contributed by atoms with Crippen LogP contribution in [0.1, 0.15) is 36.3 Å². The van der Waals surface area contributed by atoms with Crippen LogP contribution in [0.15, 0.2) is 41.0 Å². The van der Waals surface area contributed by atoms with Crippen LogP contribution in [-0.2, 0) is 6.42 Å². The zero-order valence-corrected chi connectivity index (χ0v) is 12.5. The Morgan fingerprint density at radius 3 is 2.80 bits per heavy atom. The Morgan fingerprint density at radius 2 is 2.15 bits per heavy atom. The first kappa shape index (κ1) is 14.7. The van der Waals surface area contributed by atoms with E-state index in [4.69, 9.17) is 9.15 Å². The Labute approximate surface area is 121 Å². The number of hydrogen-bond acceptors (Lipinski definition) is 3. The van der Waals surface area contributed by atoms with E-state index in [1.165, 1.54) is 11.1 Å². The maximum atomic E-state index is 5.44. The van der Waals surface area contributed by atoms with Crippen LogP contribution in [-0.4, -0.2) is 13.7 Å². The number of rotatable bonds is 7. The fourth-order valence-corrected chi connectivity index (χ4v) is 2.31. The van der Waals surface area contributed by atoms with E-state index in [1.54, 1.807) is 7.11 Å². The lowest BCUT2D eigenvalue weighted by molar-refractivity contribution is 0.413. The smallest absolute Gasteiger partial charge is 0.119 e. The largest absolute Gasteiger partial charge is 0.497 e. The summed E-state index contributed by atoms with van der Waals surface area (Å²) >= 11 is 0. The van der Waals surface area contributed by atoms with Gasteiger partial charge in [0, 0.05) is 11.6 Å². The van der Waals surface area contributed by atoms with Crippen molar-refractivity contribution in [2.24, 2.45) is 0 Å². The number of methoxy groups -OCH3 is 1. The molecular formula is C17H23NO2. The van der Waals surface area contributed by atoms with Crippen LogP contribution in [0.2, 0.25) is 0 Å². The highest BCUT2D eigenvalue weighted by Gasteiger charge is 2.14. The highest BCUT2D eigenvalue weighted by atomic mass is 16.5. The van der Waals surface area contributed by atoms with Gasteiger partial charge in [-0.1, -0.05) is 19.1 Å². The Hall–Kier alpha value is -1.74. The molecule has 0 aliphatic carbocycles. The topological polar surface area (TPSA) is 34.4 Å². The van der Waals surface area contributed by atoms with E-state index in [1.807, 2.05) is 25.3 Å². The van der Waals surface area contributed by atoms with Crippen molar-refractivity contribution in [1.29, 1.82) is 0 Å². The van der Waals surface area contributed by atoms with E-state index in [2.05, 4.69) is 30.4 Å². The first-order valence-electron chi connectivity index (χ1n) is 7.14. The number of furan rings is 1. The molecule has 0 bridgehead atoms. The van der Waals surface area contributed by atoms with Crippen molar-refractivity contribution >= 4 is 0 Å². The molecule has 3 nitrogen and oxygen atoms in total. The molecule has 2 rings (SSSR count). The fourth-order valence-electron chi connectivity index (χ4n) is 2.31. The van der Waals surface area contributed by atoms with E-state index < -0.39 is 0 Å². The molecule has 0 aliphatic rings. The molecule has 2 aromatic rings. The van der Waals surface area contributed by atoms with Crippen molar-refractivity contribution in [3.05, 3.63) is 53.5 Å². The second kappa shape index (κ2) is 7.15. The summed E-state index contributed by atoms with van der Waals surface area (Å²) in [4.78, 5) is 0. The van der Waals surface area contributed by atoms with Gasteiger partial charge in [-0.2, -0.15) is 0 Å². The zero-order valence-electron chi connectivity index (χ0n) is 12.5. The van der Waals surface area contributed by atoms with E-state index in [0.29, 0.717) is 0 Å². The number of aryl methyl sites for hydroxylation is 1. The molecule has 0 amide bonds. The minimum absolute atomic E-state index is 0.277. The Balaban J connectivity index is 2.14. The third-order valence-electron chi connectivity index (χ3n) is 3.37. The third-order valence-corrected chi connectivity index (χ3v) is 3.37. The molecule has 0 saturated heterocycles. The Kier molecular flexibility index (Phi) is 5.24. The number of hydrogen-bond donors (Lipinski definition) is 1. The molecule has 0 fully saturated rings. The highest BCUT2D eigenvalue weighted by molar-refractivity contribution is 5.30. The summed E-state index contributed by atoms with van der Waals surface area (Å²) in [7, 11) is 1.70. The van der Waals surface area contributed by atoms with Crippen molar-refractivity contribution in [2.75, 3.05) is 13.7 Å². The summed E-state index contributed by atoms with van der Waals surface area (Å²) in [6, 6.07) is 10.6. The quantitative estimate of drug-likeness (QED) is 0.831. The molecule has 0 saturated carbocycles. The van der Waals surface area contributed by atoms with Crippen molar-refractivity contribution < 1.29 is 9.15 Å². The summed E-state index contributed by atoms with van der Waals surface area (Å²) in [5.41, 5.74) is 2.47. The second-order valence-corrected chi connectivity index (χ2v) is 5.05. The van der Waals surface area contributed by atoms with Gasteiger partial charge in [0.25, 0.3) is 0 Å². The van der Waals surface area contributed by atoms with Crippen molar-refractivity contribution in [3.8, 4) is 5.75 Å². The second-order valence-electron chi connectivity index (χ2n) is 5.05. The molecular weight excluding hydrogens is 250 g/mol. The standard InChI is InChI=1S/C17H23NO2/c1-4-8-18-17(15-9-13(2)20-12-15)11-14-6-5-7-16(10-14)19-3/h5-7,9-10,12,17-18H,4,8,11H2,1-3H3. The molecule has 3 heteroatoms. The van der Waals surface area contributed by atoms with Gasteiger partial charge in [0.15, 0.2) is 0 Å². The first-order chi connectivity index (χ1) is 9.72. The Bertz CT molecular complexity index is 533. The van der Waals surface area contributed by atoms with Gasteiger partial charge in [-0.05, 0) is 50.1 Å². The van der Waals surface area contributed by atoms with Crippen LogP contribution in [0.4, 0.5) is 0 Å². The minimum Gasteiger partial charge on any atom is -0.497 e. The lowest BCUT2D eigenvalue weighted by Crippen LogP contribution is -2.23. The van der Waals surface area contributed by atoms with Gasteiger partial charge < -0.3 is 14.5 Å². The third kappa shape index (κ3) is 3.87. The maximum Gasteiger partial charge on any atom is 0.119 e. The SMILES string of the molecule is CCCNC(Cc1cccc(OC)c1)c1coc(C)c1. The van der Waals surface area contributed by atoms with Crippen LogP contribution in [0.25, 0.3) is 0 Å². The molecule has 0 aliphatic heterocycles. The summed E-state index contributed by atoms with van der Waals surface area (Å²) < 4.78 is 10.7. The number of nitrogens with one attached hydrogen (secondary N) is 1. The predicted octanol–water partition coefficient (Wildman–Crippen LogP) is 3.88. The van der Waals surface area contributed by atoms with Gasteiger partial charge in [-0.15, -0.1) is 0 Å². The first-order valence-corrected chi connectivity index (χ1v) is 7.14. The minimum atomic E-state index is 0.277. The van der Waals surface area contributed by atoms with Gasteiger partial charge in [-0.25, -0.2) is 0 Å². The summed E-state index contributed by atoms with van der Waals surface area (Å²) in [6.45, 7) is 5.15. The van der Waals surface area contributed by atoms with Gasteiger partial charge in [0.2, 0.25) is 0 Å². The summed E-state index contributed by atoms with van der Waals surface area (Å²) in [5.74, 6) is 1.86. The maximum absolute atomic E-state index is 5.44. The average Bonchev–Trinajstić information content (AvgIpc) is 2.90. The van der Waals surface area contributed by atoms with Crippen LogP contribution < -0.4 is 10.1 Å². The van der Waals surface area contributed by atoms with Crippen LogP contribution in [0, 0.1) is 6.92 Å². The fraction of sp³-hybridized carbons (Fsp3) is 0.412. The van der Waals surface area contributed by atoms with Gasteiger partial charge in [0.1, 0.15) is 11.5 Å². The van der Waals surface area contributed by atoms with E-state index >= 15 is 0 Å². The molecule has 0 spiro atoms. The summed E-state index contributed by atoms with van der Waals surface area (Å²) in [5, 5.41) is 3.58.